The molecule has 0 bridgehead atoms. The fraction of sp³-hybridized carbons (Fsp3) is 1.00. The van der Waals surface area contributed by atoms with Crippen LogP contribution in [0.25, 0.3) is 0 Å². The zero-order valence-electron chi connectivity index (χ0n) is 9.02. The van der Waals surface area contributed by atoms with Gasteiger partial charge >= 0.3 is 0 Å². The number of nitrogens with one attached hydrogen (secondary N) is 1. The third-order valence-corrected chi connectivity index (χ3v) is 2.53. The molecule has 12 heavy (non-hydrogen) atoms. The first-order valence-electron chi connectivity index (χ1n) is 4.83. The van der Waals surface area contributed by atoms with Gasteiger partial charge in [0.2, 0.25) is 0 Å². The van der Waals surface area contributed by atoms with Crippen molar-refractivity contribution >= 4 is 0 Å². The molecular formula is C10H23NO. The first-order chi connectivity index (χ1) is 5.38. The van der Waals surface area contributed by atoms with Crippen LogP contribution in [0.5, 0.6) is 0 Å². The van der Waals surface area contributed by atoms with Crippen molar-refractivity contribution in [2.45, 2.75) is 52.7 Å². The molecule has 0 aromatic carbocycles. The second-order valence-electron chi connectivity index (χ2n) is 4.30. The van der Waals surface area contributed by atoms with Gasteiger partial charge in [0.1, 0.15) is 0 Å². The monoisotopic (exact) mass is 173 g/mol. The van der Waals surface area contributed by atoms with Crippen molar-refractivity contribution in [2.24, 2.45) is 5.92 Å². The summed E-state index contributed by atoms with van der Waals surface area (Å²) >= 11 is 0. The van der Waals surface area contributed by atoms with E-state index in [1.54, 1.807) is 0 Å². The molecule has 0 saturated carbocycles. The van der Waals surface area contributed by atoms with E-state index in [0.29, 0.717) is 5.92 Å². The Hall–Kier alpha value is -0.0800. The summed E-state index contributed by atoms with van der Waals surface area (Å²) in [7, 11) is 0. The maximum Gasteiger partial charge on any atom is 0.0741 e. The average molecular weight is 173 g/mol. The van der Waals surface area contributed by atoms with Crippen LogP contribution in [0.1, 0.15) is 41.0 Å². The van der Waals surface area contributed by atoms with E-state index in [0.717, 1.165) is 6.54 Å². The number of hydrogen-bond donors (Lipinski definition) is 2. The number of hydrogen-bond acceptors (Lipinski definition) is 2. The lowest BCUT2D eigenvalue weighted by atomic mass is 10.00. The van der Waals surface area contributed by atoms with Gasteiger partial charge in [-0.3, -0.25) is 0 Å². The predicted octanol–water partition coefficient (Wildman–Crippen LogP) is 1.78. The molecular weight excluding hydrogens is 150 g/mol. The van der Waals surface area contributed by atoms with Gasteiger partial charge in [-0.25, -0.2) is 0 Å². The Kier molecular flexibility index (Phi) is 4.80. The lowest BCUT2D eigenvalue weighted by molar-refractivity contribution is 0.0431. The fourth-order valence-corrected chi connectivity index (χ4v) is 0.772. The molecule has 2 nitrogen and oxygen atoms in total. The Labute approximate surface area is 76.4 Å². The van der Waals surface area contributed by atoms with Gasteiger partial charge in [-0.15, -0.1) is 0 Å². The largest absolute Gasteiger partial charge is 0.389 e. The minimum absolute atomic E-state index is 0.159. The van der Waals surface area contributed by atoms with Crippen LogP contribution < -0.4 is 5.32 Å². The molecule has 0 aliphatic rings. The van der Waals surface area contributed by atoms with Crippen LogP contribution in [0.15, 0.2) is 0 Å². The molecule has 0 fully saturated rings. The summed E-state index contributed by atoms with van der Waals surface area (Å²) in [6.45, 7) is 11.1. The summed E-state index contributed by atoms with van der Waals surface area (Å²) in [5.74, 6) is 0.690. The van der Waals surface area contributed by atoms with Crippen molar-refractivity contribution in [2.75, 3.05) is 6.54 Å². The molecule has 0 radical (unpaired) electrons. The smallest absolute Gasteiger partial charge is 0.0741 e. The van der Waals surface area contributed by atoms with Crippen LogP contribution in [-0.4, -0.2) is 23.3 Å². The van der Waals surface area contributed by atoms with Gasteiger partial charge in [-0.05, 0) is 33.2 Å². The van der Waals surface area contributed by atoms with Crippen LogP contribution in [0.4, 0.5) is 0 Å². The molecule has 0 rings (SSSR count). The van der Waals surface area contributed by atoms with Gasteiger partial charge in [0.15, 0.2) is 0 Å². The molecule has 0 aliphatic heterocycles. The highest BCUT2D eigenvalue weighted by Gasteiger charge is 2.21. The maximum absolute atomic E-state index is 9.61. The molecule has 2 heteroatoms. The molecule has 0 heterocycles. The van der Waals surface area contributed by atoms with Crippen molar-refractivity contribution in [1.82, 2.24) is 5.32 Å². The van der Waals surface area contributed by atoms with E-state index in [1.165, 1.54) is 6.42 Å². The minimum Gasteiger partial charge on any atom is -0.389 e. The van der Waals surface area contributed by atoms with Crippen LogP contribution in [-0.2, 0) is 0 Å². The quantitative estimate of drug-likeness (QED) is 0.664. The summed E-state index contributed by atoms with van der Waals surface area (Å²) in [5.41, 5.74) is -0.618. The Balaban J connectivity index is 3.64. The molecule has 0 aromatic heterocycles. The first kappa shape index (κ1) is 11.9. The zero-order chi connectivity index (χ0) is 9.78. The van der Waals surface area contributed by atoms with Crippen molar-refractivity contribution in [3.8, 4) is 0 Å². The summed E-state index contributed by atoms with van der Waals surface area (Å²) in [6.07, 6.45) is 1.19. The summed E-state index contributed by atoms with van der Waals surface area (Å²) < 4.78 is 0. The van der Waals surface area contributed by atoms with Crippen molar-refractivity contribution in [3.05, 3.63) is 0 Å². The third kappa shape index (κ3) is 4.73. The van der Waals surface area contributed by atoms with Gasteiger partial charge in [0, 0.05) is 6.04 Å². The molecule has 0 aromatic rings. The van der Waals surface area contributed by atoms with E-state index in [4.69, 9.17) is 0 Å². The van der Waals surface area contributed by atoms with Crippen LogP contribution in [0, 0.1) is 5.92 Å². The van der Waals surface area contributed by atoms with Crippen LogP contribution in [0.3, 0.4) is 0 Å². The molecule has 2 N–H and O–H groups in total. The molecule has 2 unspecified atom stereocenters. The normalized spacial score (nSPS) is 17.5. The van der Waals surface area contributed by atoms with E-state index in [1.807, 2.05) is 20.8 Å². The van der Waals surface area contributed by atoms with E-state index in [9.17, 15) is 5.11 Å². The summed E-state index contributed by atoms with van der Waals surface area (Å²) in [5, 5.41) is 12.9. The summed E-state index contributed by atoms with van der Waals surface area (Å²) in [6, 6.07) is 0.159. The standard InChI is InChI=1S/C10H23NO/c1-6-8(2)7-11-9(3)10(4,5)12/h8-9,11-12H,6-7H2,1-5H3. The van der Waals surface area contributed by atoms with E-state index in [-0.39, 0.29) is 6.04 Å². The lowest BCUT2D eigenvalue weighted by Gasteiger charge is -2.27. The van der Waals surface area contributed by atoms with Gasteiger partial charge in [0.25, 0.3) is 0 Å². The Morgan fingerprint density at radius 2 is 1.83 bits per heavy atom. The summed E-state index contributed by atoms with van der Waals surface area (Å²) in [4.78, 5) is 0. The second kappa shape index (κ2) is 4.83. The van der Waals surface area contributed by atoms with Crippen molar-refractivity contribution in [3.63, 3.8) is 0 Å². The highest BCUT2D eigenvalue weighted by molar-refractivity contribution is 4.79. The predicted molar refractivity (Wildman–Crippen MR) is 53.2 cm³/mol. The molecule has 74 valence electrons. The SMILES string of the molecule is CCC(C)CNC(C)C(C)(C)O. The van der Waals surface area contributed by atoms with Gasteiger partial charge < -0.3 is 10.4 Å². The second-order valence-corrected chi connectivity index (χ2v) is 4.30. The van der Waals surface area contributed by atoms with Gasteiger partial charge in [0.05, 0.1) is 5.60 Å². The molecule has 2 atom stereocenters. The van der Waals surface area contributed by atoms with Gasteiger partial charge in [-0.2, -0.15) is 0 Å². The zero-order valence-corrected chi connectivity index (χ0v) is 9.02. The minimum atomic E-state index is -0.618. The Bertz CT molecular complexity index is 117. The number of aliphatic hydroxyl groups is 1. The molecule has 0 saturated heterocycles. The Morgan fingerprint density at radius 3 is 2.17 bits per heavy atom. The van der Waals surface area contributed by atoms with E-state index in [2.05, 4.69) is 19.2 Å². The highest BCUT2D eigenvalue weighted by atomic mass is 16.3. The number of rotatable bonds is 5. The van der Waals surface area contributed by atoms with Crippen molar-refractivity contribution in [1.29, 1.82) is 0 Å². The average Bonchev–Trinajstić information content (AvgIpc) is 1.97. The lowest BCUT2D eigenvalue weighted by Crippen LogP contribution is -2.45. The van der Waals surface area contributed by atoms with Gasteiger partial charge in [-0.1, -0.05) is 20.3 Å². The van der Waals surface area contributed by atoms with Crippen LogP contribution >= 0.6 is 0 Å². The first-order valence-corrected chi connectivity index (χ1v) is 4.83. The third-order valence-electron chi connectivity index (χ3n) is 2.53. The molecule has 0 spiro atoms. The molecule has 0 aliphatic carbocycles. The Morgan fingerprint density at radius 1 is 1.33 bits per heavy atom. The van der Waals surface area contributed by atoms with E-state index >= 15 is 0 Å². The fourth-order valence-electron chi connectivity index (χ4n) is 0.772. The van der Waals surface area contributed by atoms with Crippen molar-refractivity contribution < 1.29 is 5.11 Å². The maximum atomic E-state index is 9.61. The van der Waals surface area contributed by atoms with Crippen LogP contribution in [0.2, 0.25) is 0 Å². The van der Waals surface area contributed by atoms with E-state index < -0.39 is 5.60 Å². The molecule has 0 amide bonds. The topological polar surface area (TPSA) is 32.3 Å². The highest BCUT2D eigenvalue weighted by Crippen LogP contribution is 2.08.